The van der Waals surface area contributed by atoms with E-state index < -0.39 is 6.10 Å². The van der Waals surface area contributed by atoms with E-state index in [1.807, 2.05) is 6.07 Å². The Hall–Kier alpha value is -2.30. The SMILES string of the molecule is COc1ccc2[nH]c3c(c2c1)CN(C[C@@H](O)c1ccc(C)cc1C)CC3. The second-order valence-corrected chi connectivity index (χ2v) is 7.35. The maximum absolute atomic E-state index is 10.8. The quantitative estimate of drug-likeness (QED) is 0.751. The number of aromatic amines is 1. The van der Waals surface area contributed by atoms with Gasteiger partial charge in [-0.05, 0) is 48.7 Å². The molecule has 1 atom stereocenters. The molecule has 4 nitrogen and oxygen atoms in total. The maximum Gasteiger partial charge on any atom is 0.119 e. The average molecular weight is 350 g/mol. The van der Waals surface area contributed by atoms with Gasteiger partial charge in [0.25, 0.3) is 0 Å². The summed E-state index contributed by atoms with van der Waals surface area (Å²) in [4.78, 5) is 5.89. The van der Waals surface area contributed by atoms with Crippen molar-refractivity contribution in [2.24, 2.45) is 0 Å². The number of hydrogen-bond acceptors (Lipinski definition) is 3. The van der Waals surface area contributed by atoms with Gasteiger partial charge in [-0.1, -0.05) is 23.8 Å². The van der Waals surface area contributed by atoms with E-state index in [9.17, 15) is 5.11 Å². The fraction of sp³-hybridized carbons (Fsp3) is 0.364. The first-order chi connectivity index (χ1) is 12.5. The third-order valence-corrected chi connectivity index (χ3v) is 5.48. The van der Waals surface area contributed by atoms with Gasteiger partial charge in [-0.15, -0.1) is 0 Å². The Morgan fingerprint density at radius 2 is 2.04 bits per heavy atom. The number of H-pyrrole nitrogens is 1. The van der Waals surface area contributed by atoms with E-state index in [-0.39, 0.29) is 0 Å². The van der Waals surface area contributed by atoms with E-state index in [4.69, 9.17) is 4.74 Å². The molecule has 0 aliphatic carbocycles. The van der Waals surface area contributed by atoms with Crippen LogP contribution in [-0.2, 0) is 13.0 Å². The molecule has 0 bridgehead atoms. The molecule has 0 spiro atoms. The number of aliphatic hydroxyl groups is 1. The second kappa shape index (κ2) is 6.78. The molecule has 4 heteroatoms. The minimum atomic E-state index is -0.461. The molecular formula is C22H26N2O2. The molecular weight excluding hydrogens is 324 g/mol. The molecule has 1 aliphatic rings. The summed E-state index contributed by atoms with van der Waals surface area (Å²) in [5.41, 5.74) is 7.22. The number of rotatable bonds is 4. The highest BCUT2D eigenvalue weighted by molar-refractivity contribution is 5.86. The third-order valence-electron chi connectivity index (χ3n) is 5.48. The summed E-state index contributed by atoms with van der Waals surface area (Å²) in [7, 11) is 1.70. The number of nitrogens with one attached hydrogen (secondary N) is 1. The smallest absolute Gasteiger partial charge is 0.119 e. The Balaban J connectivity index is 1.56. The number of nitrogens with zero attached hydrogens (tertiary/aromatic N) is 1. The highest BCUT2D eigenvalue weighted by Gasteiger charge is 2.23. The van der Waals surface area contributed by atoms with Gasteiger partial charge in [0.05, 0.1) is 13.2 Å². The van der Waals surface area contributed by atoms with Crippen molar-refractivity contribution in [2.45, 2.75) is 32.9 Å². The molecule has 0 amide bonds. The first kappa shape index (κ1) is 17.1. The Morgan fingerprint density at radius 3 is 2.81 bits per heavy atom. The molecule has 0 saturated heterocycles. The first-order valence-corrected chi connectivity index (χ1v) is 9.20. The van der Waals surface area contributed by atoms with Crippen LogP contribution in [0.5, 0.6) is 5.75 Å². The van der Waals surface area contributed by atoms with Crippen LogP contribution in [0.1, 0.15) is 34.1 Å². The van der Waals surface area contributed by atoms with Crippen molar-refractivity contribution in [3.8, 4) is 5.75 Å². The van der Waals surface area contributed by atoms with Crippen molar-refractivity contribution in [3.05, 3.63) is 64.3 Å². The molecule has 136 valence electrons. The van der Waals surface area contributed by atoms with Gasteiger partial charge in [0.1, 0.15) is 5.75 Å². The first-order valence-electron chi connectivity index (χ1n) is 9.20. The largest absolute Gasteiger partial charge is 0.497 e. The molecule has 2 heterocycles. The van der Waals surface area contributed by atoms with Crippen LogP contribution < -0.4 is 4.74 Å². The van der Waals surface area contributed by atoms with Gasteiger partial charge in [-0.2, -0.15) is 0 Å². The number of hydrogen-bond donors (Lipinski definition) is 2. The molecule has 4 rings (SSSR count). The minimum absolute atomic E-state index is 0.461. The molecule has 0 fully saturated rings. The fourth-order valence-corrected chi connectivity index (χ4v) is 4.07. The van der Waals surface area contributed by atoms with Crippen LogP contribution in [0.3, 0.4) is 0 Å². The van der Waals surface area contributed by atoms with Crippen molar-refractivity contribution in [3.63, 3.8) is 0 Å². The summed E-state index contributed by atoms with van der Waals surface area (Å²) in [5, 5.41) is 12.0. The van der Waals surface area contributed by atoms with Gasteiger partial charge in [-0.3, -0.25) is 4.90 Å². The van der Waals surface area contributed by atoms with Crippen LogP contribution in [-0.4, -0.2) is 35.2 Å². The third kappa shape index (κ3) is 3.11. The average Bonchev–Trinajstić information content (AvgIpc) is 2.98. The van der Waals surface area contributed by atoms with E-state index >= 15 is 0 Å². The van der Waals surface area contributed by atoms with Gasteiger partial charge in [0.2, 0.25) is 0 Å². The highest BCUT2D eigenvalue weighted by Crippen LogP contribution is 2.31. The normalized spacial score (nSPS) is 15.8. The number of β-amino-alcohol motifs (C(OH)–C–C–N with tert-alkyl or cyclic N) is 1. The number of aromatic nitrogens is 1. The predicted molar refractivity (Wildman–Crippen MR) is 105 cm³/mol. The summed E-state index contributed by atoms with van der Waals surface area (Å²) in [6, 6.07) is 12.5. The summed E-state index contributed by atoms with van der Waals surface area (Å²) < 4.78 is 5.39. The van der Waals surface area contributed by atoms with E-state index in [0.717, 1.165) is 41.9 Å². The predicted octanol–water partition coefficient (Wildman–Crippen LogP) is 3.89. The zero-order valence-electron chi connectivity index (χ0n) is 15.7. The molecule has 1 aromatic heterocycles. The Kier molecular flexibility index (Phi) is 4.47. The summed E-state index contributed by atoms with van der Waals surface area (Å²) in [6.07, 6.45) is 0.517. The summed E-state index contributed by atoms with van der Waals surface area (Å²) >= 11 is 0. The van der Waals surface area contributed by atoms with Gasteiger partial charge in [0, 0.05) is 42.7 Å². The summed E-state index contributed by atoms with van der Waals surface area (Å²) in [6.45, 7) is 6.62. The number of ether oxygens (including phenoxy) is 1. The number of methoxy groups -OCH3 is 1. The molecule has 0 radical (unpaired) electrons. The number of aryl methyl sites for hydroxylation is 2. The molecule has 3 aromatic rings. The molecule has 0 unspecified atom stereocenters. The monoisotopic (exact) mass is 350 g/mol. The van der Waals surface area contributed by atoms with Crippen LogP contribution in [0.2, 0.25) is 0 Å². The van der Waals surface area contributed by atoms with Crippen LogP contribution in [0.4, 0.5) is 0 Å². The molecule has 2 N–H and O–H groups in total. The van der Waals surface area contributed by atoms with Gasteiger partial charge in [0.15, 0.2) is 0 Å². The second-order valence-electron chi connectivity index (χ2n) is 7.35. The minimum Gasteiger partial charge on any atom is -0.497 e. The van der Waals surface area contributed by atoms with Crippen LogP contribution in [0.25, 0.3) is 10.9 Å². The lowest BCUT2D eigenvalue weighted by atomic mass is 9.99. The van der Waals surface area contributed by atoms with Gasteiger partial charge in [-0.25, -0.2) is 0 Å². The van der Waals surface area contributed by atoms with Crippen molar-refractivity contribution in [2.75, 3.05) is 20.2 Å². The fourth-order valence-electron chi connectivity index (χ4n) is 4.07. The van der Waals surface area contributed by atoms with E-state index in [1.54, 1.807) is 7.11 Å². The molecule has 2 aromatic carbocycles. The van der Waals surface area contributed by atoms with Crippen molar-refractivity contribution < 1.29 is 9.84 Å². The lowest BCUT2D eigenvalue weighted by Crippen LogP contribution is -2.34. The van der Waals surface area contributed by atoms with E-state index in [0.29, 0.717) is 6.54 Å². The summed E-state index contributed by atoms with van der Waals surface area (Å²) in [5.74, 6) is 0.881. The van der Waals surface area contributed by atoms with Gasteiger partial charge >= 0.3 is 0 Å². The van der Waals surface area contributed by atoms with Crippen LogP contribution in [0.15, 0.2) is 36.4 Å². The molecule has 1 aliphatic heterocycles. The van der Waals surface area contributed by atoms with Gasteiger partial charge < -0.3 is 14.8 Å². The van der Waals surface area contributed by atoms with Crippen molar-refractivity contribution in [1.82, 2.24) is 9.88 Å². The van der Waals surface area contributed by atoms with Crippen LogP contribution >= 0.6 is 0 Å². The molecule has 26 heavy (non-hydrogen) atoms. The highest BCUT2D eigenvalue weighted by atomic mass is 16.5. The standard InChI is InChI=1S/C22H26N2O2/c1-14-4-6-17(15(2)10-14)22(25)13-24-9-8-21-19(12-24)18-11-16(26-3)5-7-20(18)23-21/h4-7,10-11,22-23,25H,8-9,12-13H2,1-3H3/t22-/m1/s1. The van der Waals surface area contributed by atoms with E-state index in [1.165, 1.54) is 22.2 Å². The van der Waals surface area contributed by atoms with Crippen molar-refractivity contribution in [1.29, 1.82) is 0 Å². The molecule has 0 saturated carbocycles. The lowest BCUT2D eigenvalue weighted by molar-refractivity contribution is 0.105. The Morgan fingerprint density at radius 1 is 1.19 bits per heavy atom. The Bertz CT molecular complexity index is 945. The number of benzene rings is 2. The Labute approximate surface area is 154 Å². The topological polar surface area (TPSA) is 48.5 Å². The number of aliphatic hydroxyl groups excluding tert-OH is 1. The lowest BCUT2D eigenvalue weighted by Gasteiger charge is -2.29. The zero-order chi connectivity index (χ0) is 18.3. The van der Waals surface area contributed by atoms with Crippen molar-refractivity contribution >= 4 is 10.9 Å². The van der Waals surface area contributed by atoms with E-state index in [2.05, 4.69) is 54.1 Å². The maximum atomic E-state index is 10.8. The number of fused-ring (bicyclic) bond motifs is 3. The zero-order valence-corrected chi connectivity index (χ0v) is 15.7. The van der Waals surface area contributed by atoms with Crippen LogP contribution in [0, 0.1) is 13.8 Å².